The highest BCUT2D eigenvalue weighted by Gasteiger charge is 2.28. The van der Waals surface area contributed by atoms with Crippen LogP contribution in [-0.4, -0.2) is 41.5 Å². The molecule has 34 heavy (non-hydrogen) atoms. The Bertz CT molecular complexity index is 954. The van der Waals surface area contributed by atoms with Crippen molar-refractivity contribution >= 4 is 23.4 Å². The summed E-state index contributed by atoms with van der Waals surface area (Å²) in [6.45, 7) is 12.8. The lowest BCUT2D eigenvalue weighted by atomic mass is 10.1. The first-order valence-electron chi connectivity index (χ1n) is 11.8. The van der Waals surface area contributed by atoms with Crippen LogP contribution in [0.1, 0.15) is 59.1 Å². The van der Waals surface area contributed by atoms with Gasteiger partial charge in [0.2, 0.25) is 11.8 Å². The maximum absolute atomic E-state index is 13.3. The molecule has 1 unspecified atom stereocenters. The Kier molecular flexibility index (Phi) is 10.2. The summed E-state index contributed by atoms with van der Waals surface area (Å²) in [7, 11) is 0. The van der Waals surface area contributed by atoms with Gasteiger partial charge in [0.15, 0.2) is 11.5 Å². The summed E-state index contributed by atoms with van der Waals surface area (Å²) >= 11 is 6.02. The van der Waals surface area contributed by atoms with Crippen molar-refractivity contribution in [3.8, 4) is 11.5 Å². The molecule has 0 aliphatic heterocycles. The van der Waals surface area contributed by atoms with Gasteiger partial charge in [0.05, 0.1) is 13.2 Å². The fraction of sp³-hybridized carbons (Fsp3) is 0.481. The number of hydrogen-bond acceptors (Lipinski definition) is 4. The third-order valence-corrected chi connectivity index (χ3v) is 5.42. The monoisotopic (exact) mass is 488 g/mol. The van der Waals surface area contributed by atoms with Gasteiger partial charge in [0.1, 0.15) is 6.04 Å². The first-order chi connectivity index (χ1) is 16.0. The zero-order valence-corrected chi connectivity index (χ0v) is 21.9. The molecular formula is C27H37ClN2O4. The highest BCUT2D eigenvalue weighted by atomic mass is 35.5. The molecule has 186 valence electrons. The van der Waals surface area contributed by atoms with E-state index in [1.807, 2.05) is 65.0 Å². The van der Waals surface area contributed by atoms with E-state index >= 15 is 0 Å². The highest BCUT2D eigenvalue weighted by Crippen LogP contribution is 2.29. The third kappa shape index (κ3) is 8.56. The molecule has 1 N–H and O–H groups in total. The number of carbonyl (C=O) groups excluding carboxylic acids is 2. The van der Waals surface area contributed by atoms with E-state index in [0.717, 1.165) is 11.1 Å². The van der Waals surface area contributed by atoms with Crippen LogP contribution in [0.3, 0.4) is 0 Å². The molecule has 0 heterocycles. The summed E-state index contributed by atoms with van der Waals surface area (Å²) in [5.74, 6) is 1.08. The minimum Gasteiger partial charge on any atom is -0.490 e. The molecule has 6 nitrogen and oxygen atoms in total. The van der Waals surface area contributed by atoms with Gasteiger partial charge in [0, 0.05) is 23.5 Å². The Morgan fingerprint density at radius 1 is 0.971 bits per heavy atom. The second kappa shape index (κ2) is 12.7. The maximum atomic E-state index is 13.3. The van der Waals surface area contributed by atoms with Gasteiger partial charge in [-0.1, -0.05) is 29.8 Å². The Morgan fingerprint density at radius 3 is 2.15 bits per heavy atom. The van der Waals surface area contributed by atoms with Crippen molar-refractivity contribution in [3.63, 3.8) is 0 Å². The van der Waals surface area contributed by atoms with Crippen LogP contribution in [0.25, 0.3) is 0 Å². The fourth-order valence-electron chi connectivity index (χ4n) is 3.49. The second-order valence-electron chi connectivity index (χ2n) is 9.21. The average molecular weight is 489 g/mol. The summed E-state index contributed by atoms with van der Waals surface area (Å²) in [5, 5.41) is 3.60. The number of aryl methyl sites for hydroxylation is 1. The second-order valence-corrected chi connectivity index (χ2v) is 9.65. The van der Waals surface area contributed by atoms with Crippen LogP contribution in [0.4, 0.5) is 0 Å². The molecule has 2 rings (SSSR count). The number of amides is 2. The number of rotatable bonds is 11. The molecule has 0 aliphatic carbocycles. The normalized spacial score (nSPS) is 12.1. The van der Waals surface area contributed by atoms with Gasteiger partial charge in [-0.15, -0.1) is 0 Å². The smallest absolute Gasteiger partial charge is 0.242 e. The highest BCUT2D eigenvalue weighted by molar-refractivity contribution is 6.30. The van der Waals surface area contributed by atoms with Crippen molar-refractivity contribution in [1.82, 2.24) is 10.2 Å². The van der Waals surface area contributed by atoms with Crippen molar-refractivity contribution in [2.45, 2.75) is 72.5 Å². The predicted molar refractivity (Wildman–Crippen MR) is 136 cm³/mol. The fourth-order valence-corrected chi connectivity index (χ4v) is 3.62. The topological polar surface area (TPSA) is 67.9 Å². The summed E-state index contributed by atoms with van der Waals surface area (Å²) in [6.07, 6.45) is 0.788. The van der Waals surface area contributed by atoms with Gasteiger partial charge in [-0.05, 0) is 83.4 Å². The molecule has 0 saturated heterocycles. The molecule has 7 heteroatoms. The lowest BCUT2D eigenvalue weighted by molar-refractivity contribution is -0.141. The summed E-state index contributed by atoms with van der Waals surface area (Å²) < 4.78 is 11.3. The van der Waals surface area contributed by atoms with Crippen LogP contribution in [0.5, 0.6) is 11.5 Å². The van der Waals surface area contributed by atoms with E-state index in [9.17, 15) is 9.59 Å². The lowest BCUT2D eigenvalue weighted by Crippen LogP contribution is -2.52. The molecule has 2 amide bonds. The van der Waals surface area contributed by atoms with Crippen LogP contribution in [-0.2, 0) is 22.6 Å². The molecule has 1 atom stereocenters. The molecule has 0 bridgehead atoms. The van der Waals surface area contributed by atoms with E-state index < -0.39 is 11.6 Å². The van der Waals surface area contributed by atoms with E-state index in [4.69, 9.17) is 21.1 Å². The molecule has 2 aromatic rings. The van der Waals surface area contributed by atoms with Gasteiger partial charge < -0.3 is 19.7 Å². The van der Waals surface area contributed by atoms with Crippen LogP contribution >= 0.6 is 11.6 Å². The van der Waals surface area contributed by atoms with Crippen LogP contribution < -0.4 is 14.8 Å². The van der Waals surface area contributed by atoms with Gasteiger partial charge in [-0.2, -0.15) is 0 Å². The zero-order chi connectivity index (χ0) is 25.3. The quantitative estimate of drug-likeness (QED) is 0.459. The van der Waals surface area contributed by atoms with Crippen LogP contribution in [0, 0.1) is 0 Å². The SMILES string of the molecule is CCOc1ccc(CCC(=O)N(Cc2ccc(Cl)cc2)C(C)C(=O)NC(C)(C)C)cc1OCC. The Balaban J connectivity index is 2.19. The van der Waals surface area contributed by atoms with Crippen molar-refractivity contribution in [2.75, 3.05) is 13.2 Å². The van der Waals surface area contributed by atoms with Crippen molar-refractivity contribution in [2.24, 2.45) is 0 Å². The molecule has 0 radical (unpaired) electrons. The number of halogens is 1. The molecular weight excluding hydrogens is 452 g/mol. The van der Waals surface area contributed by atoms with E-state index in [2.05, 4.69) is 5.32 Å². The molecule has 0 saturated carbocycles. The number of ether oxygens (including phenoxy) is 2. The Labute approximate surface area is 208 Å². The number of carbonyl (C=O) groups is 2. The van der Waals surface area contributed by atoms with Gasteiger partial charge in [0.25, 0.3) is 0 Å². The van der Waals surface area contributed by atoms with Crippen molar-refractivity contribution < 1.29 is 19.1 Å². The number of nitrogens with zero attached hydrogens (tertiary/aromatic N) is 1. The minimum atomic E-state index is -0.623. The Hall–Kier alpha value is -2.73. The predicted octanol–water partition coefficient (Wildman–Crippen LogP) is 5.40. The first kappa shape index (κ1) is 27.5. The molecule has 0 fully saturated rings. The number of benzene rings is 2. The van der Waals surface area contributed by atoms with Gasteiger partial charge in [-0.3, -0.25) is 9.59 Å². The van der Waals surface area contributed by atoms with Gasteiger partial charge >= 0.3 is 0 Å². The minimum absolute atomic E-state index is 0.0987. The standard InChI is InChI=1S/C27H37ClN2O4/c1-7-33-23-15-11-20(17-24(23)34-8-2)12-16-25(31)30(18-21-9-13-22(28)14-10-21)19(3)26(32)29-27(4,5)6/h9-11,13-15,17,19H,7-8,12,16,18H2,1-6H3,(H,29,32). The van der Waals surface area contributed by atoms with E-state index in [0.29, 0.717) is 42.7 Å². The van der Waals surface area contributed by atoms with Crippen LogP contribution in [0.15, 0.2) is 42.5 Å². The van der Waals surface area contributed by atoms with Crippen molar-refractivity contribution in [3.05, 3.63) is 58.6 Å². The van der Waals surface area contributed by atoms with Crippen LogP contribution in [0.2, 0.25) is 5.02 Å². The average Bonchev–Trinajstić information content (AvgIpc) is 2.77. The van der Waals surface area contributed by atoms with E-state index in [1.54, 1.807) is 24.0 Å². The number of hydrogen-bond donors (Lipinski definition) is 1. The lowest BCUT2D eigenvalue weighted by Gasteiger charge is -2.31. The zero-order valence-electron chi connectivity index (χ0n) is 21.1. The maximum Gasteiger partial charge on any atom is 0.242 e. The first-order valence-corrected chi connectivity index (χ1v) is 12.2. The molecule has 0 aliphatic rings. The molecule has 0 aromatic heterocycles. The van der Waals surface area contributed by atoms with E-state index in [-0.39, 0.29) is 18.2 Å². The third-order valence-electron chi connectivity index (χ3n) is 5.17. The van der Waals surface area contributed by atoms with Crippen molar-refractivity contribution in [1.29, 1.82) is 0 Å². The summed E-state index contributed by atoms with van der Waals surface area (Å²) in [5.41, 5.74) is 1.49. The Morgan fingerprint density at radius 2 is 1.56 bits per heavy atom. The number of nitrogens with one attached hydrogen (secondary N) is 1. The molecule has 0 spiro atoms. The summed E-state index contributed by atoms with van der Waals surface area (Å²) in [4.78, 5) is 27.9. The van der Waals surface area contributed by atoms with Gasteiger partial charge in [-0.25, -0.2) is 0 Å². The molecule has 2 aromatic carbocycles. The summed E-state index contributed by atoms with van der Waals surface area (Å²) in [6, 6.07) is 12.4. The largest absolute Gasteiger partial charge is 0.490 e. The van der Waals surface area contributed by atoms with E-state index in [1.165, 1.54) is 0 Å².